The lowest BCUT2D eigenvalue weighted by atomic mass is 10.2. The Labute approximate surface area is 108 Å². The fourth-order valence-corrected chi connectivity index (χ4v) is 1.83. The first-order valence-corrected chi connectivity index (χ1v) is 6.27. The van der Waals surface area contributed by atoms with Crippen molar-refractivity contribution in [1.29, 1.82) is 0 Å². The molecular weight excluding hydrogens is 226 g/mol. The van der Waals surface area contributed by atoms with Crippen molar-refractivity contribution in [3.8, 4) is 0 Å². The highest BCUT2D eigenvalue weighted by Crippen LogP contribution is 2.10. The van der Waals surface area contributed by atoms with Crippen LogP contribution in [-0.2, 0) is 20.1 Å². The van der Waals surface area contributed by atoms with Gasteiger partial charge in [-0.1, -0.05) is 13.8 Å². The summed E-state index contributed by atoms with van der Waals surface area (Å²) in [7, 11) is 1.97. The van der Waals surface area contributed by atoms with E-state index in [-0.39, 0.29) is 0 Å². The standard InChI is InChI=1S/C13H21N5/c1-10(2)15-7-13-6-14-9-18(13)8-12-5-16-17(4)11(12)3/h5-6,9-10,15H,7-8H2,1-4H3. The summed E-state index contributed by atoms with van der Waals surface area (Å²) in [5.41, 5.74) is 3.64. The number of aromatic nitrogens is 4. The lowest BCUT2D eigenvalue weighted by molar-refractivity contribution is 0.564. The van der Waals surface area contributed by atoms with Crippen molar-refractivity contribution in [2.24, 2.45) is 7.05 Å². The fourth-order valence-electron chi connectivity index (χ4n) is 1.83. The van der Waals surface area contributed by atoms with Gasteiger partial charge in [-0.15, -0.1) is 0 Å². The molecule has 18 heavy (non-hydrogen) atoms. The molecule has 2 aromatic rings. The van der Waals surface area contributed by atoms with Crippen LogP contribution in [0.25, 0.3) is 0 Å². The van der Waals surface area contributed by atoms with E-state index in [0.29, 0.717) is 6.04 Å². The molecule has 0 unspecified atom stereocenters. The molecule has 5 nitrogen and oxygen atoms in total. The summed E-state index contributed by atoms with van der Waals surface area (Å²) in [6.45, 7) is 8.05. The van der Waals surface area contributed by atoms with E-state index in [1.807, 2.05) is 30.5 Å². The highest BCUT2D eigenvalue weighted by Gasteiger charge is 2.07. The van der Waals surface area contributed by atoms with E-state index in [0.717, 1.165) is 13.1 Å². The van der Waals surface area contributed by atoms with Crippen LogP contribution in [0.3, 0.4) is 0 Å². The van der Waals surface area contributed by atoms with Gasteiger partial charge < -0.3 is 9.88 Å². The molecule has 0 amide bonds. The quantitative estimate of drug-likeness (QED) is 0.870. The second-order valence-corrected chi connectivity index (χ2v) is 4.93. The van der Waals surface area contributed by atoms with Crippen LogP contribution in [0.5, 0.6) is 0 Å². The first kappa shape index (κ1) is 12.8. The van der Waals surface area contributed by atoms with Crippen molar-refractivity contribution in [1.82, 2.24) is 24.6 Å². The Morgan fingerprint density at radius 2 is 2.11 bits per heavy atom. The van der Waals surface area contributed by atoms with Crippen LogP contribution in [0.2, 0.25) is 0 Å². The van der Waals surface area contributed by atoms with Gasteiger partial charge >= 0.3 is 0 Å². The summed E-state index contributed by atoms with van der Waals surface area (Å²) < 4.78 is 4.07. The number of hydrogen-bond donors (Lipinski definition) is 1. The summed E-state index contributed by atoms with van der Waals surface area (Å²) in [5.74, 6) is 0. The maximum Gasteiger partial charge on any atom is 0.0951 e. The first-order valence-electron chi connectivity index (χ1n) is 6.27. The fraction of sp³-hybridized carbons (Fsp3) is 0.538. The summed E-state index contributed by atoms with van der Waals surface area (Å²) in [4.78, 5) is 4.23. The summed E-state index contributed by atoms with van der Waals surface area (Å²) >= 11 is 0. The van der Waals surface area contributed by atoms with Gasteiger partial charge in [-0.3, -0.25) is 4.68 Å². The lowest BCUT2D eigenvalue weighted by Gasteiger charge is -2.11. The Morgan fingerprint density at radius 1 is 1.33 bits per heavy atom. The molecule has 0 saturated carbocycles. The third-order valence-corrected chi connectivity index (χ3v) is 3.17. The van der Waals surface area contributed by atoms with Crippen LogP contribution in [0.1, 0.15) is 30.8 Å². The van der Waals surface area contributed by atoms with Crippen molar-refractivity contribution in [2.75, 3.05) is 0 Å². The van der Waals surface area contributed by atoms with E-state index in [1.54, 1.807) is 0 Å². The maximum atomic E-state index is 4.27. The Bertz CT molecular complexity index is 509. The molecule has 0 atom stereocenters. The van der Waals surface area contributed by atoms with Crippen LogP contribution >= 0.6 is 0 Å². The zero-order chi connectivity index (χ0) is 13.1. The van der Waals surface area contributed by atoms with Gasteiger partial charge in [-0.05, 0) is 6.92 Å². The van der Waals surface area contributed by atoms with E-state index in [1.165, 1.54) is 17.0 Å². The molecule has 2 rings (SSSR count). The zero-order valence-electron chi connectivity index (χ0n) is 11.5. The Kier molecular flexibility index (Phi) is 3.81. The van der Waals surface area contributed by atoms with Gasteiger partial charge in [0.15, 0.2) is 0 Å². The van der Waals surface area contributed by atoms with Crippen LogP contribution in [0.4, 0.5) is 0 Å². The molecule has 1 N–H and O–H groups in total. The van der Waals surface area contributed by atoms with Crippen molar-refractivity contribution in [2.45, 2.75) is 39.9 Å². The average molecular weight is 247 g/mol. The summed E-state index contributed by atoms with van der Waals surface area (Å²) in [5, 5.41) is 7.68. The van der Waals surface area contributed by atoms with E-state index < -0.39 is 0 Å². The number of nitrogens with one attached hydrogen (secondary N) is 1. The van der Waals surface area contributed by atoms with Gasteiger partial charge in [0.25, 0.3) is 0 Å². The lowest BCUT2D eigenvalue weighted by Crippen LogP contribution is -2.23. The highest BCUT2D eigenvalue weighted by molar-refractivity contribution is 5.17. The molecular formula is C13H21N5. The minimum Gasteiger partial charge on any atom is -0.329 e. The first-order chi connectivity index (χ1) is 8.58. The minimum absolute atomic E-state index is 0.480. The second-order valence-electron chi connectivity index (χ2n) is 4.93. The Morgan fingerprint density at radius 3 is 2.72 bits per heavy atom. The molecule has 0 aliphatic carbocycles. The number of rotatable bonds is 5. The van der Waals surface area contributed by atoms with Crippen molar-refractivity contribution in [3.63, 3.8) is 0 Å². The molecule has 0 aliphatic rings. The normalized spacial score (nSPS) is 11.4. The molecule has 2 heterocycles. The minimum atomic E-state index is 0.480. The third kappa shape index (κ3) is 2.79. The maximum absolute atomic E-state index is 4.27. The number of imidazole rings is 1. The van der Waals surface area contributed by atoms with Gasteiger partial charge in [0.05, 0.1) is 24.8 Å². The highest BCUT2D eigenvalue weighted by atomic mass is 15.3. The molecule has 0 radical (unpaired) electrons. The topological polar surface area (TPSA) is 47.7 Å². The molecule has 0 bridgehead atoms. The van der Waals surface area contributed by atoms with Gasteiger partial charge in [0.2, 0.25) is 0 Å². The Balaban J connectivity index is 2.10. The molecule has 0 fully saturated rings. The van der Waals surface area contributed by atoms with Gasteiger partial charge in [0.1, 0.15) is 0 Å². The number of aryl methyl sites for hydroxylation is 1. The summed E-state index contributed by atoms with van der Waals surface area (Å²) in [6.07, 6.45) is 5.72. The zero-order valence-corrected chi connectivity index (χ0v) is 11.5. The number of nitrogens with zero attached hydrogens (tertiary/aromatic N) is 4. The van der Waals surface area contributed by atoms with E-state index in [9.17, 15) is 0 Å². The van der Waals surface area contributed by atoms with Crippen molar-refractivity contribution in [3.05, 3.63) is 35.7 Å². The molecule has 2 aromatic heterocycles. The molecule has 0 aliphatic heterocycles. The average Bonchev–Trinajstić information content (AvgIpc) is 2.88. The Hall–Kier alpha value is -1.62. The molecule has 98 valence electrons. The van der Waals surface area contributed by atoms with E-state index in [4.69, 9.17) is 0 Å². The van der Waals surface area contributed by atoms with Crippen LogP contribution in [0, 0.1) is 6.92 Å². The van der Waals surface area contributed by atoms with Crippen molar-refractivity contribution < 1.29 is 0 Å². The van der Waals surface area contributed by atoms with Gasteiger partial charge in [-0.25, -0.2) is 4.98 Å². The molecule has 0 spiro atoms. The van der Waals surface area contributed by atoms with Crippen LogP contribution in [0.15, 0.2) is 18.7 Å². The third-order valence-electron chi connectivity index (χ3n) is 3.17. The second kappa shape index (κ2) is 5.35. The monoisotopic (exact) mass is 247 g/mol. The van der Waals surface area contributed by atoms with E-state index in [2.05, 4.69) is 40.7 Å². The van der Waals surface area contributed by atoms with Crippen molar-refractivity contribution >= 4 is 0 Å². The van der Waals surface area contributed by atoms with Gasteiger partial charge in [0, 0.05) is 37.1 Å². The SMILES string of the molecule is Cc1c(Cn2cncc2CNC(C)C)cnn1C. The predicted octanol–water partition coefficient (Wildman–Crippen LogP) is 1.47. The predicted molar refractivity (Wildman–Crippen MR) is 71.2 cm³/mol. The van der Waals surface area contributed by atoms with Crippen LogP contribution < -0.4 is 5.32 Å². The van der Waals surface area contributed by atoms with E-state index >= 15 is 0 Å². The molecule has 0 aromatic carbocycles. The van der Waals surface area contributed by atoms with Crippen LogP contribution in [-0.4, -0.2) is 25.4 Å². The molecule has 5 heteroatoms. The van der Waals surface area contributed by atoms with Gasteiger partial charge in [-0.2, -0.15) is 5.10 Å². The largest absolute Gasteiger partial charge is 0.329 e. The summed E-state index contributed by atoms with van der Waals surface area (Å²) in [6, 6.07) is 0.480. The smallest absolute Gasteiger partial charge is 0.0951 e. The molecule has 0 saturated heterocycles. The number of hydrogen-bond acceptors (Lipinski definition) is 3.